The van der Waals surface area contributed by atoms with Crippen molar-refractivity contribution in [2.24, 2.45) is 17.3 Å². The van der Waals surface area contributed by atoms with Gasteiger partial charge >= 0.3 is 0 Å². The molecule has 1 fully saturated rings. The highest BCUT2D eigenvalue weighted by Gasteiger charge is 2.40. The van der Waals surface area contributed by atoms with Crippen LogP contribution in [0.4, 0.5) is 0 Å². The molecule has 4 atom stereocenters. The summed E-state index contributed by atoms with van der Waals surface area (Å²) in [6, 6.07) is 0. The zero-order valence-corrected chi connectivity index (χ0v) is 12.1. The van der Waals surface area contributed by atoms with Crippen molar-refractivity contribution in [2.75, 3.05) is 0 Å². The van der Waals surface area contributed by atoms with Crippen LogP contribution in [-0.2, 0) is 0 Å². The molecular weight excluding hydrogens is 191 g/mol. The predicted octanol–water partition coefficient (Wildman–Crippen LogP) is 5.18. The van der Waals surface area contributed by atoms with Crippen molar-refractivity contribution < 1.29 is 0 Å². The quantitative estimate of drug-likeness (QED) is 0.561. The van der Waals surface area contributed by atoms with E-state index in [1.54, 1.807) is 0 Å². The summed E-state index contributed by atoms with van der Waals surface area (Å²) in [5, 5.41) is 0. The van der Waals surface area contributed by atoms with E-state index in [9.17, 15) is 0 Å². The lowest BCUT2D eigenvalue weighted by Crippen LogP contribution is -2.37. The molecule has 0 spiro atoms. The monoisotopic (exact) mass is 221 g/mol. The normalized spacial score (nSPS) is 39.7. The number of hydrogen-bond donors (Lipinski definition) is 0. The molecular formula is C15H30B. The summed E-state index contributed by atoms with van der Waals surface area (Å²) in [7, 11) is 2.63. The highest BCUT2D eigenvalue weighted by molar-refractivity contribution is 6.37. The van der Waals surface area contributed by atoms with Gasteiger partial charge in [0.25, 0.3) is 0 Å². The first kappa shape index (κ1) is 14.1. The summed E-state index contributed by atoms with van der Waals surface area (Å²) in [6.45, 7) is 12.0. The molecule has 0 nitrogen and oxygen atoms in total. The molecule has 0 bridgehead atoms. The zero-order valence-electron chi connectivity index (χ0n) is 12.1. The van der Waals surface area contributed by atoms with E-state index in [0.717, 1.165) is 17.7 Å². The molecule has 0 aromatic carbocycles. The van der Waals surface area contributed by atoms with E-state index >= 15 is 0 Å². The lowest BCUT2D eigenvalue weighted by molar-refractivity contribution is 0.104. The van der Waals surface area contributed by atoms with Crippen molar-refractivity contribution in [3.05, 3.63) is 0 Å². The second kappa shape index (κ2) is 6.12. The molecule has 0 aromatic rings. The van der Waals surface area contributed by atoms with Crippen molar-refractivity contribution in [1.82, 2.24) is 0 Å². The minimum absolute atomic E-state index is 0.586. The summed E-state index contributed by atoms with van der Waals surface area (Å²) >= 11 is 0. The smallest absolute Gasteiger partial charge is 0.0802 e. The van der Waals surface area contributed by atoms with Crippen molar-refractivity contribution >= 4 is 7.28 Å². The Balaban J connectivity index is 2.67. The fourth-order valence-electron chi connectivity index (χ4n) is 3.53. The van der Waals surface area contributed by atoms with Crippen LogP contribution in [0, 0.1) is 17.3 Å². The molecule has 1 heteroatoms. The van der Waals surface area contributed by atoms with Gasteiger partial charge in [-0.25, -0.2) is 0 Å². The van der Waals surface area contributed by atoms with Gasteiger partial charge in [0.15, 0.2) is 0 Å². The van der Waals surface area contributed by atoms with E-state index < -0.39 is 0 Å². The molecule has 3 unspecified atom stereocenters. The summed E-state index contributed by atoms with van der Waals surface area (Å²) < 4.78 is 0. The van der Waals surface area contributed by atoms with Crippen LogP contribution in [-0.4, -0.2) is 7.28 Å². The molecule has 1 rings (SSSR count). The zero-order chi connectivity index (χ0) is 12.2. The van der Waals surface area contributed by atoms with E-state index in [1.165, 1.54) is 38.4 Å². The van der Waals surface area contributed by atoms with Crippen molar-refractivity contribution in [3.63, 3.8) is 0 Å². The second-order valence-electron chi connectivity index (χ2n) is 6.22. The fourth-order valence-corrected chi connectivity index (χ4v) is 3.53. The maximum Gasteiger partial charge on any atom is 0.114 e. The van der Waals surface area contributed by atoms with Crippen molar-refractivity contribution in [3.8, 4) is 0 Å². The van der Waals surface area contributed by atoms with Crippen LogP contribution in [0.5, 0.6) is 0 Å². The lowest BCUT2D eigenvalue weighted by Gasteiger charge is -2.48. The summed E-state index contributed by atoms with van der Waals surface area (Å²) in [5.74, 6) is 2.77. The van der Waals surface area contributed by atoms with Crippen molar-refractivity contribution in [2.45, 2.75) is 78.9 Å². The summed E-state index contributed by atoms with van der Waals surface area (Å²) in [6.07, 6.45) is 8.22. The average molecular weight is 221 g/mol. The van der Waals surface area contributed by atoms with Gasteiger partial charge in [-0.1, -0.05) is 72.4 Å². The minimum atomic E-state index is 0.586. The molecule has 0 aliphatic heterocycles. The predicted molar refractivity (Wildman–Crippen MR) is 75.2 cm³/mol. The fraction of sp³-hybridized carbons (Fsp3) is 1.00. The van der Waals surface area contributed by atoms with E-state index in [0.29, 0.717) is 5.41 Å². The molecule has 93 valence electrons. The number of rotatable bonds is 5. The first-order chi connectivity index (χ1) is 7.57. The van der Waals surface area contributed by atoms with Gasteiger partial charge in [0.2, 0.25) is 0 Å². The van der Waals surface area contributed by atoms with Gasteiger partial charge in [0.05, 0.1) is 0 Å². The molecule has 16 heavy (non-hydrogen) atoms. The highest BCUT2D eigenvalue weighted by atomic mass is 14.4. The Morgan fingerprint density at radius 2 is 1.94 bits per heavy atom. The molecule has 1 saturated carbocycles. The Labute approximate surface area is 104 Å². The SMILES string of the molecule is CCC[B][C@H]1CC(C)C(CC)CC1(C)CC. The first-order valence-corrected chi connectivity index (χ1v) is 7.40. The molecule has 0 N–H and O–H groups in total. The Kier molecular flexibility index (Phi) is 5.40. The van der Waals surface area contributed by atoms with Crippen LogP contribution < -0.4 is 0 Å². The average Bonchev–Trinajstić information content (AvgIpc) is 2.29. The van der Waals surface area contributed by atoms with Gasteiger partial charge in [-0.2, -0.15) is 0 Å². The van der Waals surface area contributed by atoms with E-state index in [2.05, 4.69) is 41.9 Å². The van der Waals surface area contributed by atoms with Gasteiger partial charge in [0, 0.05) is 0 Å². The third-order valence-corrected chi connectivity index (χ3v) is 5.13. The van der Waals surface area contributed by atoms with Crippen molar-refractivity contribution in [1.29, 1.82) is 0 Å². The first-order valence-electron chi connectivity index (χ1n) is 7.40. The largest absolute Gasteiger partial charge is 0.114 e. The molecule has 0 saturated heterocycles. The summed E-state index contributed by atoms with van der Waals surface area (Å²) in [4.78, 5) is 0. The van der Waals surface area contributed by atoms with Gasteiger partial charge in [-0.15, -0.1) is 0 Å². The minimum Gasteiger partial charge on any atom is -0.0802 e. The Hall–Kier alpha value is 0.0649. The third-order valence-electron chi connectivity index (χ3n) is 5.13. The Bertz CT molecular complexity index is 202. The topological polar surface area (TPSA) is 0 Å². The van der Waals surface area contributed by atoms with E-state index in [4.69, 9.17) is 0 Å². The maximum atomic E-state index is 2.63. The van der Waals surface area contributed by atoms with Crippen LogP contribution in [0.25, 0.3) is 0 Å². The van der Waals surface area contributed by atoms with E-state index in [-0.39, 0.29) is 0 Å². The van der Waals surface area contributed by atoms with Crippen LogP contribution in [0.2, 0.25) is 12.1 Å². The maximum absolute atomic E-state index is 2.63. The van der Waals surface area contributed by atoms with E-state index in [1.807, 2.05) is 0 Å². The van der Waals surface area contributed by atoms with Crippen LogP contribution in [0.3, 0.4) is 0 Å². The van der Waals surface area contributed by atoms with Crippen LogP contribution >= 0.6 is 0 Å². The molecule has 1 aliphatic rings. The molecule has 1 radical (unpaired) electrons. The molecule has 0 aromatic heterocycles. The van der Waals surface area contributed by atoms with Crippen LogP contribution in [0.1, 0.15) is 66.7 Å². The second-order valence-corrected chi connectivity index (χ2v) is 6.22. The standard InChI is InChI=1S/C15H30B/c1-6-9-16-14-10-12(4)13(7-2)11-15(14,5)8-3/h12-14H,6-11H2,1-5H3/t12?,13?,14-,15?/m0/s1. The van der Waals surface area contributed by atoms with Gasteiger partial charge in [-0.3, -0.25) is 0 Å². The summed E-state index contributed by atoms with van der Waals surface area (Å²) in [5.41, 5.74) is 0.586. The molecule has 0 amide bonds. The van der Waals surface area contributed by atoms with Crippen LogP contribution in [0.15, 0.2) is 0 Å². The highest BCUT2D eigenvalue weighted by Crippen LogP contribution is 2.52. The lowest BCUT2D eigenvalue weighted by atomic mass is 9.44. The Morgan fingerprint density at radius 3 is 2.44 bits per heavy atom. The Morgan fingerprint density at radius 1 is 1.25 bits per heavy atom. The molecule has 1 aliphatic carbocycles. The molecule has 0 heterocycles. The van der Waals surface area contributed by atoms with Gasteiger partial charge in [0.1, 0.15) is 7.28 Å². The van der Waals surface area contributed by atoms with Gasteiger partial charge < -0.3 is 0 Å². The van der Waals surface area contributed by atoms with Gasteiger partial charge in [-0.05, 0) is 23.7 Å². The number of hydrogen-bond acceptors (Lipinski definition) is 0. The third kappa shape index (κ3) is 3.05.